The highest BCUT2D eigenvalue weighted by atomic mass is 35.5. The fourth-order valence-electron chi connectivity index (χ4n) is 3.20. The first kappa shape index (κ1) is 17.4. The molecule has 2 nitrogen and oxygen atoms in total. The van der Waals surface area contributed by atoms with Crippen LogP contribution in [0.15, 0.2) is 36.4 Å². The van der Waals surface area contributed by atoms with Gasteiger partial charge in [-0.3, -0.25) is 0 Å². The smallest absolute Gasteiger partial charge is 0.123 e. The summed E-state index contributed by atoms with van der Waals surface area (Å²) in [6.07, 6.45) is 0.990. The zero-order valence-electron chi connectivity index (χ0n) is 12.4. The summed E-state index contributed by atoms with van der Waals surface area (Å²) < 4.78 is 5.53. The van der Waals surface area contributed by atoms with E-state index in [2.05, 4.69) is 17.4 Å². The number of benzene rings is 2. The van der Waals surface area contributed by atoms with Gasteiger partial charge in [0.2, 0.25) is 0 Å². The first-order chi connectivity index (χ1) is 10.2. The number of rotatable bonds is 3. The van der Waals surface area contributed by atoms with Crippen molar-refractivity contribution >= 4 is 35.6 Å². The Hall–Kier alpha value is -0.930. The largest absolute Gasteiger partial charge is 0.496 e. The van der Waals surface area contributed by atoms with Crippen molar-refractivity contribution in [3.63, 3.8) is 0 Å². The molecule has 0 aliphatic heterocycles. The van der Waals surface area contributed by atoms with Gasteiger partial charge in [0.15, 0.2) is 0 Å². The molecule has 0 spiro atoms. The summed E-state index contributed by atoms with van der Waals surface area (Å²) in [7, 11) is 3.70. The molecule has 3 rings (SSSR count). The Kier molecular flexibility index (Phi) is 5.62. The lowest BCUT2D eigenvalue weighted by Crippen LogP contribution is -2.14. The van der Waals surface area contributed by atoms with E-state index < -0.39 is 0 Å². The summed E-state index contributed by atoms with van der Waals surface area (Å²) >= 11 is 12.2. The van der Waals surface area contributed by atoms with Gasteiger partial charge >= 0.3 is 0 Å². The third kappa shape index (κ3) is 2.93. The van der Waals surface area contributed by atoms with Crippen LogP contribution >= 0.6 is 35.6 Å². The highest BCUT2D eigenvalue weighted by Crippen LogP contribution is 2.48. The van der Waals surface area contributed by atoms with Gasteiger partial charge in [0.05, 0.1) is 17.2 Å². The average Bonchev–Trinajstić information content (AvgIpc) is 2.89. The molecule has 2 aromatic carbocycles. The van der Waals surface area contributed by atoms with Gasteiger partial charge in [0, 0.05) is 17.5 Å². The van der Waals surface area contributed by atoms with Crippen molar-refractivity contribution < 1.29 is 4.74 Å². The zero-order chi connectivity index (χ0) is 15.0. The molecule has 0 saturated carbocycles. The summed E-state index contributed by atoms with van der Waals surface area (Å²) in [4.78, 5) is 0. The van der Waals surface area contributed by atoms with E-state index in [9.17, 15) is 0 Å². The minimum absolute atomic E-state index is 0. The predicted molar refractivity (Wildman–Crippen MR) is 95.0 cm³/mol. The van der Waals surface area contributed by atoms with Gasteiger partial charge in [-0.1, -0.05) is 41.4 Å². The molecule has 118 valence electrons. The number of methoxy groups -OCH3 is 1. The van der Waals surface area contributed by atoms with Gasteiger partial charge in [-0.15, -0.1) is 12.4 Å². The Morgan fingerprint density at radius 3 is 2.55 bits per heavy atom. The SMILES string of the molecule is CN[C@@H]1CC(c2ccc(Cl)c(Cl)c2)c2cccc(OC)c21.Cl. The standard InChI is InChI=1S/C17H17Cl2NO.ClH/c1-20-15-9-12(10-6-7-13(18)14(19)8-10)11-4-3-5-16(21-2)17(11)15;/h3-8,12,15,20H,9H2,1-2H3;1H/t12?,15-;/m1./s1. The molecule has 0 saturated heterocycles. The molecular weight excluding hydrogens is 341 g/mol. The summed E-state index contributed by atoms with van der Waals surface area (Å²) in [6.45, 7) is 0. The van der Waals surface area contributed by atoms with E-state index in [-0.39, 0.29) is 18.4 Å². The van der Waals surface area contributed by atoms with Crippen LogP contribution in [0, 0.1) is 0 Å². The first-order valence-corrected chi connectivity index (χ1v) is 7.70. The van der Waals surface area contributed by atoms with E-state index in [4.69, 9.17) is 27.9 Å². The first-order valence-electron chi connectivity index (χ1n) is 6.94. The van der Waals surface area contributed by atoms with Crippen LogP contribution in [-0.4, -0.2) is 14.2 Å². The quantitative estimate of drug-likeness (QED) is 0.812. The molecule has 0 heterocycles. The summed E-state index contributed by atoms with van der Waals surface area (Å²) in [5.41, 5.74) is 3.74. The van der Waals surface area contributed by atoms with Gasteiger partial charge in [-0.25, -0.2) is 0 Å². The van der Waals surface area contributed by atoms with Crippen LogP contribution in [0.5, 0.6) is 5.75 Å². The molecule has 22 heavy (non-hydrogen) atoms. The maximum Gasteiger partial charge on any atom is 0.123 e. The number of halogens is 3. The van der Waals surface area contributed by atoms with Crippen LogP contribution in [0.1, 0.15) is 35.1 Å². The van der Waals surface area contributed by atoms with E-state index >= 15 is 0 Å². The number of ether oxygens (including phenoxy) is 1. The molecule has 2 atom stereocenters. The molecule has 0 fully saturated rings. The molecule has 0 radical (unpaired) electrons. The summed E-state index contributed by atoms with van der Waals surface area (Å²) in [5.74, 6) is 1.25. The van der Waals surface area contributed by atoms with Crippen LogP contribution in [0.2, 0.25) is 10.0 Å². The van der Waals surface area contributed by atoms with Crippen molar-refractivity contribution in [3.8, 4) is 5.75 Å². The van der Waals surface area contributed by atoms with Gasteiger partial charge in [-0.05, 0) is 42.8 Å². The Bertz CT molecular complexity index is 675. The van der Waals surface area contributed by atoms with Crippen LogP contribution in [0.3, 0.4) is 0 Å². The third-order valence-corrected chi connectivity index (χ3v) is 4.95. The van der Waals surface area contributed by atoms with Crippen LogP contribution in [-0.2, 0) is 0 Å². The minimum Gasteiger partial charge on any atom is -0.496 e. The Labute approximate surface area is 147 Å². The predicted octanol–water partition coefficient (Wildman–Crippen LogP) is 5.22. The van der Waals surface area contributed by atoms with Crippen molar-refractivity contribution in [3.05, 3.63) is 63.1 Å². The molecule has 1 unspecified atom stereocenters. The average molecular weight is 359 g/mol. The lowest BCUT2D eigenvalue weighted by molar-refractivity contribution is 0.403. The highest BCUT2D eigenvalue weighted by Gasteiger charge is 2.33. The van der Waals surface area contributed by atoms with Crippen LogP contribution in [0.4, 0.5) is 0 Å². The van der Waals surface area contributed by atoms with Gasteiger partial charge in [0.1, 0.15) is 5.75 Å². The van der Waals surface area contributed by atoms with Crippen molar-refractivity contribution in [2.75, 3.05) is 14.2 Å². The Morgan fingerprint density at radius 2 is 1.91 bits per heavy atom. The number of nitrogens with one attached hydrogen (secondary N) is 1. The van der Waals surface area contributed by atoms with Gasteiger partial charge in [-0.2, -0.15) is 0 Å². The second kappa shape index (κ2) is 7.10. The normalized spacial score (nSPS) is 19.5. The van der Waals surface area contributed by atoms with E-state index in [0.29, 0.717) is 16.0 Å². The lowest BCUT2D eigenvalue weighted by atomic mass is 9.93. The highest BCUT2D eigenvalue weighted by molar-refractivity contribution is 6.42. The molecule has 0 aromatic heterocycles. The lowest BCUT2D eigenvalue weighted by Gasteiger charge is -2.13. The van der Waals surface area contributed by atoms with Gasteiger partial charge in [0.25, 0.3) is 0 Å². The van der Waals surface area contributed by atoms with Crippen molar-refractivity contribution in [2.45, 2.75) is 18.4 Å². The molecule has 0 amide bonds. The Morgan fingerprint density at radius 1 is 1.14 bits per heavy atom. The van der Waals surface area contributed by atoms with E-state index in [1.807, 2.05) is 31.3 Å². The monoisotopic (exact) mass is 357 g/mol. The van der Waals surface area contributed by atoms with Gasteiger partial charge < -0.3 is 10.1 Å². The molecule has 1 aliphatic rings. The Balaban J connectivity index is 0.00000176. The summed E-state index contributed by atoms with van der Waals surface area (Å²) in [6, 6.07) is 12.4. The molecule has 2 aromatic rings. The number of hydrogen-bond donors (Lipinski definition) is 1. The second-order valence-corrected chi connectivity index (χ2v) is 6.08. The fourth-order valence-corrected chi connectivity index (χ4v) is 3.51. The molecular formula is C17H18Cl3NO. The van der Waals surface area contributed by atoms with Crippen LogP contribution in [0.25, 0.3) is 0 Å². The van der Waals surface area contributed by atoms with Crippen molar-refractivity contribution in [1.82, 2.24) is 5.32 Å². The third-order valence-electron chi connectivity index (χ3n) is 4.21. The second-order valence-electron chi connectivity index (χ2n) is 5.27. The fraction of sp³-hybridized carbons (Fsp3) is 0.294. The topological polar surface area (TPSA) is 21.3 Å². The summed E-state index contributed by atoms with van der Waals surface area (Å²) in [5, 5.41) is 4.58. The van der Waals surface area contributed by atoms with Crippen LogP contribution < -0.4 is 10.1 Å². The number of hydrogen-bond acceptors (Lipinski definition) is 2. The minimum atomic E-state index is 0. The molecule has 1 aliphatic carbocycles. The molecule has 1 N–H and O–H groups in total. The van der Waals surface area contributed by atoms with Crippen molar-refractivity contribution in [1.29, 1.82) is 0 Å². The van der Waals surface area contributed by atoms with E-state index in [0.717, 1.165) is 12.2 Å². The maximum atomic E-state index is 6.18. The van der Waals surface area contributed by atoms with E-state index in [1.165, 1.54) is 16.7 Å². The van der Waals surface area contributed by atoms with E-state index in [1.54, 1.807) is 7.11 Å². The zero-order valence-corrected chi connectivity index (χ0v) is 14.7. The molecule has 0 bridgehead atoms. The molecule has 5 heteroatoms. The number of fused-ring (bicyclic) bond motifs is 1. The maximum absolute atomic E-state index is 6.18. The van der Waals surface area contributed by atoms with Crippen molar-refractivity contribution in [2.24, 2.45) is 0 Å².